The number of hydrogen-bond acceptors (Lipinski definition) is 3. The highest BCUT2D eigenvalue weighted by Gasteiger charge is 2.33. The molecule has 0 amide bonds. The molecule has 0 bridgehead atoms. The van der Waals surface area contributed by atoms with Gasteiger partial charge in [0.25, 0.3) is 0 Å². The van der Waals surface area contributed by atoms with Gasteiger partial charge in [-0.15, -0.1) is 0 Å². The summed E-state index contributed by atoms with van der Waals surface area (Å²) in [5, 5.41) is 10.1. The lowest BCUT2D eigenvalue weighted by Gasteiger charge is -2.19. The number of aliphatic hydroxyl groups is 1. The van der Waals surface area contributed by atoms with Crippen LogP contribution in [-0.4, -0.2) is 25.0 Å². The van der Waals surface area contributed by atoms with E-state index in [1.165, 1.54) is 18.2 Å². The number of hydrogen-bond donors (Lipinski definition) is 1. The molecule has 2 unspecified atom stereocenters. The van der Waals surface area contributed by atoms with Crippen LogP contribution in [0.1, 0.15) is 23.7 Å². The van der Waals surface area contributed by atoms with E-state index >= 15 is 0 Å². The van der Waals surface area contributed by atoms with E-state index < -0.39 is 15.9 Å². The van der Waals surface area contributed by atoms with Crippen LogP contribution < -0.4 is 0 Å². The maximum absolute atomic E-state index is 12.9. The van der Waals surface area contributed by atoms with Crippen molar-refractivity contribution in [1.82, 2.24) is 0 Å². The minimum atomic E-state index is -3.00. The number of halogens is 1. The molecular formula is C12H15FO3S. The minimum Gasteiger partial charge on any atom is -0.388 e. The summed E-state index contributed by atoms with van der Waals surface area (Å²) in [5.74, 6) is -0.471. The van der Waals surface area contributed by atoms with Crippen molar-refractivity contribution in [2.24, 2.45) is 5.92 Å². The summed E-state index contributed by atoms with van der Waals surface area (Å²) in [6.07, 6.45) is -0.354. The summed E-state index contributed by atoms with van der Waals surface area (Å²) < 4.78 is 35.6. The fourth-order valence-corrected chi connectivity index (χ4v) is 4.13. The molecule has 0 aliphatic carbocycles. The third-order valence-corrected chi connectivity index (χ3v) is 5.06. The molecule has 5 heteroatoms. The van der Waals surface area contributed by atoms with Crippen molar-refractivity contribution in [1.29, 1.82) is 0 Å². The van der Waals surface area contributed by atoms with Crippen molar-refractivity contribution in [3.05, 3.63) is 35.1 Å². The van der Waals surface area contributed by atoms with Gasteiger partial charge in [0.2, 0.25) is 0 Å². The maximum atomic E-state index is 12.9. The summed E-state index contributed by atoms with van der Waals surface area (Å²) in [6.45, 7) is 1.71. The second-order valence-electron chi connectivity index (χ2n) is 4.61. The highest BCUT2D eigenvalue weighted by molar-refractivity contribution is 7.91. The van der Waals surface area contributed by atoms with Crippen LogP contribution in [0.15, 0.2) is 18.2 Å². The fourth-order valence-electron chi connectivity index (χ4n) is 2.30. The number of rotatable bonds is 2. The molecule has 1 N–H and O–H groups in total. The Bertz CT molecular complexity index is 525. The molecule has 3 nitrogen and oxygen atoms in total. The quantitative estimate of drug-likeness (QED) is 0.876. The summed E-state index contributed by atoms with van der Waals surface area (Å²) in [5.41, 5.74) is 1.27. The Kier molecular flexibility index (Phi) is 3.23. The Hall–Kier alpha value is -0.940. The Balaban J connectivity index is 2.23. The Morgan fingerprint density at radius 3 is 2.71 bits per heavy atom. The maximum Gasteiger partial charge on any atom is 0.150 e. The lowest BCUT2D eigenvalue weighted by atomic mass is 9.92. The SMILES string of the molecule is Cc1cc(F)ccc1C(O)C1CCS(=O)(=O)C1. The number of benzene rings is 1. The van der Waals surface area contributed by atoms with Crippen LogP contribution in [-0.2, 0) is 9.84 Å². The van der Waals surface area contributed by atoms with Crippen molar-refractivity contribution < 1.29 is 17.9 Å². The molecule has 1 aliphatic heterocycles. The molecule has 1 fully saturated rings. The molecule has 2 atom stereocenters. The molecule has 1 aromatic carbocycles. The van der Waals surface area contributed by atoms with Crippen molar-refractivity contribution >= 4 is 9.84 Å². The third kappa shape index (κ3) is 2.66. The summed E-state index contributed by atoms with van der Waals surface area (Å²) in [4.78, 5) is 0. The van der Waals surface area contributed by atoms with Gasteiger partial charge in [0.15, 0.2) is 9.84 Å². The van der Waals surface area contributed by atoms with E-state index in [1.54, 1.807) is 6.92 Å². The van der Waals surface area contributed by atoms with Crippen LogP contribution in [0.4, 0.5) is 4.39 Å². The molecule has 94 valence electrons. The first kappa shape index (κ1) is 12.5. The van der Waals surface area contributed by atoms with Crippen LogP contribution in [0.3, 0.4) is 0 Å². The average molecular weight is 258 g/mol. The molecule has 0 aromatic heterocycles. The van der Waals surface area contributed by atoms with Gasteiger partial charge in [-0.1, -0.05) is 6.07 Å². The number of aryl methyl sites for hydroxylation is 1. The smallest absolute Gasteiger partial charge is 0.150 e. The molecule has 0 spiro atoms. The van der Waals surface area contributed by atoms with Crippen molar-refractivity contribution in [2.75, 3.05) is 11.5 Å². The molecule has 1 saturated heterocycles. The monoisotopic (exact) mass is 258 g/mol. The van der Waals surface area contributed by atoms with Crippen molar-refractivity contribution in [3.63, 3.8) is 0 Å². The molecule has 17 heavy (non-hydrogen) atoms. The lowest BCUT2D eigenvalue weighted by molar-refractivity contribution is 0.120. The normalized spacial score (nSPS) is 24.8. The number of sulfone groups is 1. The first-order valence-corrected chi connectivity index (χ1v) is 7.36. The summed E-state index contributed by atoms with van der Waals surface area (Å²) in [6, 6.07) is 4.16. The lowest BCUT2D eigenvalue weighted by Crippen LogP contribution is -2.15. The summed E-state index contributed by atoms with van der Waals surface area (Å²) >= 11 is 0. The third-order valence-electron chi connectivity index (χ3n) is 3.26. The zero-order valence-corrected chi connectivity index (χ0v) is 10.4. The second-order valence-corrected chi connectivity index (χ2v) is 6.84. The van der Waals surface area contributed by atoms with E-state index in [0.29, 0.717) is 17.5 Å². The molecule has 1 aliphatic rings. The van der Waals surface area contributed by atoms with E-state index in [0.717, 1.165) is 0 Å². The Morgan fingerprint density at radius 1 is 1.47 bits per heavy atom. The van der Waals surface area contributed by atoms with Gasteiger partial charge in [0.05, 0.1) is 17.6 Å². The average Bonchev–Trinajstić information content (AvgIpc) is 2.58. The van der Waals surface area contributed by atoms with Crippen LogP contribution in [0.25, 0.3) is 0 Å². The first-order chi connectivity index (χ1) is 7.89. The summed E-state index contributed by atoms with van der Waals surface area (Å²) in [7, 11) is -3.00. The van der Waals surface area contributed by atoms with Crippen LogP contribution in [0, 0.1) is 18.7 Å². The van der Waals surface area contributed by atoms with Crippen molar-refractivity contribution in [2.45, 2.75) is 19.4 Å². The van der Waals surface area contributed by atoms with Crippen LogP contribution >= 0.6 is 0 Å². The molecule has 1 aromatic rings. The van der Waals surface area contributed by atoms with Gasteiger partial charge < -0.3 is 5.11 Å². The van der Waals surface area contributed by atoms with Crippen LogP contribution in [0.2, 0.25) is 0 Å². The highest BCUT2D eigenvalue weighted by Crippen LogP contribution is 2.32. The van der Waals surface area contributed by atoms with Gasteiger partial charge in [-0.05, 0) is 36.6 Å². The van der Waals surface area contributed by atoms with E-state index in [1.807, 2.05) is 0 Å². The Labute approximate surface area is 100 Å². The molecule has 2 rings (SSSR count). The zero-order valence-electron chi connectivity index (χ0n) is 9.56. The topological polar surface area (TPSA) is 54.4 Å². The van der Waals surface area contributed by atoms with Gasteiger partial charge in [-0.25, -0.2) is 12.8 Å². The Morgan fingerprint density at radius 2 is 2.18 bits per heavy atom. The predicted octanol–water partition coefficient (Wildman–Crippen LogP) is 1.60. The van der Waals surface area contributed by atoms with E-state index in [2.05, 4.69) is 0 Å². The van der Waals surface area contributed by atoms with Crippen molar-refractivity contribution in [3.8, 4) is 0 Å². The molecule has 0 saturated carbocycles. The molecule has 1 heterocycles. The van der Waals surface area contributed by atoms with Gasteiger partial charge in [0.1, 0.15) is 5.82 Å². The zero-order chi connectivity index (χ0) is 12.6. The molecule has 0 radical (unpaired) electrons. The van der Waals surface area contributed by atoms with Crippen LogP contribution in [0.5, 0.6) is 0 Å². The van der Waals surface area contributed by atoms with Gasteiger partial charge in [0, 0.05) is 5.92 Å². The van der Waals surface area contributed by atoms with Gasteiger partial charge in [-0.3, -0.25) is 0 Å². The predicted molar refractivity (Wildman–Crippen MR) is 62.9 cm³/mol. The number of aliphatic hydroxyl groups excluding tert-OH is 1. The fraction of sp³-hybridized carbons (Fsp3) is 0.500. The minimum absolute atomic E-state index is 0.0188. The first-order valence-electron chi connectivity index (χ1n) is 5.53. The second kappa shape index (κ2) is 4.38. The van der Waals surface area contributed by atoms with Gasteiger partial charge in [-0.2, -0.15) is 0 Å². The standard InChI is InChI=1S/C12H15FO3S/c1-8-6-10(13)2-3-11(8)12(14)9-4-5-17(15,16)7-9/h2-3,6,9,12,14H,4-5,7H2,1H3. The van der Waals surface area contributed by atoms with E-state index in [9.17, 15) is 17.9 Å². The van der Waals surface area contributed by atoms with Gasteiger partial charge >= 0.3 is 0 Å². The van der Waals surface area contributed by atoms with E-state index in [-0.39, 0.29) is 23.2 Å². The highest BCUT2D eigenvalue weighted by atomic mass is 32.2. The largest absolute Gasteiger partial charge is 0.388 e. The molecular weight excluding hydrogens is 243 g/mol. The van der Waals surface area contributed by atoms with E-state index in [4.69, 9.17) is 0 Å².